The number of carbonyl (C=O) groups excluding carboxylic acids is 1. The Hall–Kier alpha value is -1.72. The van der Waals surface area contributed by atoms with Crippen LogP contribution in [0.2, 0.25) is 0 Å². The van der Waals surface area contributed by atoms with E-state index >= 15 is 0 Å². The molecule has 2 aromatic rings. The number of methoxy groups -OCH3 is 1. The summed E-state index contributed by atoms with van der Waals surface area (Å²) in [4.78, 5) is 17.4. The maximum atomic E-state index is 12.1. The van der Waals surface area contributed by atoms with Gasteiger partial charge in [-0.1, -0.05) is 0 Å². The molecule has 0 saturated heterocycles. The molecule has 0 bridgehead atoms. The van der Waals surface area contributed by atoms with Crippen molar-refractivity contribution >= 4 is 29.3 Å². The lowest BCUT2D eigenvalue weighted by Gasteiger charge is -2.13. The fourth-order valence-electron chi connectivity index (χ4n) is 2.52. The number of nitrogens with one attached hydrogen (secondary N) is 1. The second-order valence-electron chi connectivity index (χ2n) is 5.29. The predicted octanol–water partition coefficient (Wildman–Crippen LogP) is 3.15. The lowest BCUT2D eigenvalue weighted by Crippen LogP contribution is -2.11. The van der Waals surface area contributed by atoms with E-state index < -0.39 is 0 Å². The summed E-state index contributed by atoms with van der Waals surface area (Å²) < 4.78 is 10.6. The van der Waals surface area contributed by atoms with E-state index in [1.807, 2.05) is 33.2 Å². The molecule has 22 heavy (non-hydrogen) atoms. The number of carbonyl (C=O) groups is 1. The Morgan fingerprint density at radius 1 is 1.32 bits per heavy atom. The SMILES string of the molecule is CCOC(=O)c1c(C)[nH]c2cc(CN(C)C)c(OC)cc12.Cl. The van der Waals surface area contributed by atoms with E-state index in [4.69, 9.17) is 9.47 Å². The average molecular weight is 327 g/mol. The van der Waals surface area contributed by atoms with Gasteiger partial charge in [-0.25, -0.2) is 4.79 Å². The van der Waals surface area contributed by atoms with Gasteiger partial charge in [-0.2, -0.15) is 0 Å². The average Bonchev–Trinajstić information content (AvgIpc) is 2.72. The van der Waals surface area contributed by atoms with E-state index in [0.29, 0.717) is 12.2 Å². The number of aromatic nitrogens is 1. The molecule has 0 aliphatic rings. The highest BCUT2D eigenvalue weighted by Gasteiger charge is 2.19. The van der Waals surface area contributed by atoms with E-state index in [9.17, 15) is 4.79 Å². The van der Waals surface area contributed by atoms with Gasteiger partial charge in [0.15, 0.2) is 0 Å². The number of halogens is 1. The van der Waals surface area contributed by atoms with Crippen LogP contribution in [0, 0.1) is 6.92 Å². The molecule has 0 fully saturated rings. The molecule has 0 unspecified atom stereocenters. The Balaban J connectivity index is 0.00000242. The number of benzene rings is 1. The van der Waals surface area contributed by atoms with E-state index in [1.54, 1.807) is 14.0 Å². The molecule has 1 N–H and O–H groups in total. The van der Waals surface area contributed by atoms with Crippen molar-refractivity contribution in [3.8, 4) is 5.75 Å². The zero-order chi connectivity index (χ0) is 15.6. The molecule has 6 heteroatoms. The minimum Gasteiger partial charge on any atom is -0.496 e. The van der Waals surface area contributed by atoms with Crippen LogP contribution >= 0.6 is 12.4 Å². The molecule has 0 amide bonds. The monoisotopic (exact) mass is 326 g/mol. The molecule has 1 aromatic heterocycles. The molecular formula is C16H23ClN2O3. The molecular weight excluding hydrogens is 304 g/mol. The number of aryl methyl sites for hydroxylation is 1. The van der Waals surface area contributed by atoms with Crippen LogP contribution < -0.4 is 4.74 Å². The molecule has 5 nitrogen and oxygen atoms in total. The van der Waals surface area contributed by atoms with Gasteiger partial charge in [0.2, 0.25) is 0 Å². The number of rotatable bonds is 5. The van der Waals surface area contributed by atoms with Crippen LogP contribution in [0.4, 0.5) is 0 Å². The third kappa shape index (κ3) is 3.54. The largest absolute Gasteiger partial charge is 0.496 e. The molecule has 0 radical (unpaired) electrons. The van der Waals surface area contributed by atoms with Gasteiger partial charge in [-0.15, -0.1) is 12.4 Å². The van der Waals surface area contributed by atoms with Crippen molar-refractivity contribution in [2.75, 3.05) is 27.8 Å². The van der Waals surface area contributed by atoms with Gasteiger partial charge < -0.3 is 19.4 Å². The van der Waals surface area contributed by atoms with Crippen molar-refractivity contribution in [1.29, 1.82) is 0 Å². The number of ether oxygens (including phenoxy) is 2. The summed E-state index contributed by atoms with van der Waals surface area (Å²) in [5, 5.41) is 0.838. The van der Waals surface area contributed by atoms with Crippen molar-refractivity contribution in [2.24, 2.45) is 0 Å². The fourth-order valence-corrected chi connectivity index (χ4v) is 2.52. The highest BCUT2D eigenvalue weighted by molar-refractivity contribution is 6.06. The van der Waals surface area contributed by atoms with Crippen LogP contribution in [0.15, 0.2) is 12.1 Å². The lowest BCUT2D eigenvalue weighted by molar-refractivity contribution is 0.0528. The summed E-state index contributed by atoms with van der Waals surface area (Å²) in [5.41, 5.74) is 3.40. The lowest BCUT2D eigenvalue weighted by atomic mass is 10.1. The first-order chi connectivity index (χ1) is 9.97. The Morgan fingerprint density at radius 2 is 2.00 bits per heavy atom. The smallest absolute Gasteiger partial charge is 0.340 e. The van der Waals surface area contributed by atoms with Gasteiger partial charge in [-0.3, -0.25) is 0 Å². The summed E-state index contributed by atoms with van der Waals surface area (Å²) in [7, 11) is 5.66. The standard InChI is InChI=1S/C16H22N2O3.ClH/c1-6-21-16(19)15-10(2)17-13-7-11(9-18(3)4)14(20-5)8-12(13)15;/h7-8,17H,6,9H2,1-5H3;1H. The first-order valence-electron chi connectivity index (χ1n) is 6.99. The topological polar surface area (TPSA) is 54.6 Å². The van der Waals surface area contributed by atoms with Crippen molar-refractivity contribution in [1.82, 2.24) is 9.88 Å². The maximum Gasteiger partial charge on any atom is 0.340 e. The molecule has 0 spiro atoms. The number of esters is 1. The summed E-state index contributed by atoms with van der Waals surface area (Å²) >= 11 is 0. The van der Waals surface area contributed by atoms with Gasteiger partial charge >= 0.3 is 5.97 Å². The number of hydrogen-bond donors (Lipinski definition) is 1. The molecule has 1 aromatic carbocycles. The molecule has 0 aliphatic carbocycles. The van der Waals surface area contributed by atoms with Gasteiger partial charge in [-0.05, 0) is 40.1 Å². The Bertz CT molecular complexity index is 665. The number of nitrogens with zero attached hydrogens (tertiary/aromatic N) is 1. The van der Waals surface area contributed by atoms with Crippen molar-refractivity contribution in [3.05, 3.63) is 29.0 Å². The second kappa shape index (κ2) is 7.51. The molecule has 0 saturated carbocycles. The van der Waals surface area contributed by atoms with E-state index in [0.717, 1.165) is 34.5 Å². The van der Waals surface area contributed by atoms with E-state index in [1.165, 1.54) is 0 Å². The zero-order valence-corrected chi connectivity index (χ0v) is 14.5. The second-order valence-corrected chi connectivity index (χ2v) is 5.29. The van der Waals surface area contributed by atoms with Crippen molar-refractivity contribution < 1.29 is 14.3 Å². The van der Waals surface area contributed by atoms with Crippen LogP contribution in [0.25, 0.3) is 10.9 Å². The molecule has 122 valence electrons. The van der Waals surface area contributed by atoms with Crippen molar-refractivity contribution in [2.45, 2.75) is 20.4 Å². The van der Waals surface area contributed by atoms with Crippen LogP contribution in [0.5, 0.6) is 5.75 Å². The molecule has 0 atom stereocenters. The van der Waals surface area contributed by atoms with Gasteiger partial charge in [0.25, 0.3) is 0 Å². The summed E-state index contributed by atoms with van der Waals surface area (Å²) in [5.74, 6) is 0.476. The van der Waals surface area contributed by atoms with Crippen LogP contribution in [-0.2, 0) is 11.3 Å². The Morgan fingerprint density at radius 3 is 2.55 bits per heavy atom. The molecule has 1 heterocycles. The minimum atomic E-state index is -0.302. The van der Waals surface area contributed by atoms with Crippen LogP contribution in [-0.4, -0.2) is 43.7 Å². The Kier molecular flexibility index (Phi) is 6.26. The minimum absolute atomic E-state index is 0. The number of H-pyrrole nitrogens is 1. The van der Waals surface area contributed by atoms with E-state index in [2.05, 4.69) is 9.88 Å². The van der Waals surface area contributed by atoms with E-state index in [-0.39, 0.29) is 18.4 Å². The van der Waals surface area contributed by atoms with Gasteiger partial charge in [0.1, 0.15) is 5.75 Å². The first-order valence-corrected chi connectivity index (χ1v) is 6.99. The fraction of sp³-hybridized carbons (Fsp3) is 0.438. The zero-order valence-electron chi connectivity index (χ0n) is 13.6. The highest BCUT2D eigenvalue weighted by Crippen LogP contribution is 2.30. The number of fused-ring (bicyclic) bond motifs is 1. The summed E-state index contributed by atoms with van der Waals surface area (Å²) in [6.07, 6.45) is 0. The summed E-state index contributed by atoms with van der Waals surface area (Å²) in [6, 6.07) is 3.94. The Labute approximate surface area is 137 Å². The number of aromatic amines is 1. The normalized spacial score (nSPS) is 10.6. The van der Waals surface area contributed by atoms with Crippen LogP contribution in [0.3, 0.4) is 0 Å². The maximum absolute atomic E-state index is 12.1. The molecule has 2 rings (SSSR count). The quantitative estimate of drug-likeness (QED) is 0.858. The third-order valence-corrected chi connectivity index (χ3v) is 3.35. The molecule has 0 aliphatic heterocycles. The van der Waals surface area contributed by atoms with Crippen LogP contribution in [0.1, 0.15) is 28.5 Å². The highest BCUT2D eigenvalue weighted by atomic mass is 35.5. The predicted molar refractivity (Wildman–Crippen MR) is 90.2 cm³/mol. The van der Waals surface area contributed by atoms with Crippen molar-refractivity contribution in [3.63, 3.8) is 0 Å². The summed E-state index contributed by atoms with van der Waals surface area (Å²) in [6.45, 7) is 4.81. The first kappa shape index (κ1) is 18.3. The van der Waals surface area contributed by atoms with Gasteiger partial charge in [0.05, 0.1) is 19.3 Å². The van der Waals surface area contributed by atoms with Gasteiger partial charge in [0, 0.05) is 28.7 Å². The number of hydrogen-bond acceptors (Lipinski definition) is 4. The third-order valence-electron chi connectivity index (χ3n) is 3.35.